The number of anilines is 1. The van der Waals surface area contributed by atoms with Crippen LogP contribution in [-0.2, 0) is 4.79 Å². The molecule has 0 aliphatic heterocycles. The van der Waals surface area contributed by atoms with Crippen molar-refractivity contribution >= 4 is 11.6 Å². The molecular weight excluding hydrogens is 254 g/mol. The number of amides is 1. The molecule has 1 fully saturated rings. The first-order valence-corrected chi connectivity index (χ1v) is 7.18. The lowest BCUT2D eigenvalue weighted by Gasteiger charge is -2.19. The molecule has 5 nitrogen and oxygen atoms in total. The molecule has 0 heterocycles. The van der Waals surface area contributed by atoms with Crippen LogP contribution >= 0.6 is 0 Å². The zero-order chi connectivity index (χ0) is 14.4. The van der Waals surface area contributed by atoms with Crippen LogP contribution < -0.4 is 15.8 Å². The van der Waals surface area contributed by atoms with E-state index in [1.807, 2.05) is 0 Å². The standard InChI is InChI=1S/C15H23N3O2/c1-2-18(13-6-7-13)9-8-17-15(19)11-20-14-5-3-4-12(16)10-14/h3-5,10,13H,2,6-9,11,16H2,1H3,(H,17,19). The number of nitrogens with two attached hydrogens (primary N) is 1. The van der Waals surface area contributed by atoms with E-state index in [0.717, 1.165) is 19.1 Å². The highest BCUT2D eigenvalue weighted by Crippen LogP contribution is 2.25. The van der Waals surface area contributed by atoms with Crippen LogP contribution in [0.2, 0.25) is 0 Å². The minimum Gasteiger partial charge on any atom is -0.484 e. The fraction of sp³-hybridized carbons (Fsp3) is 0.533. The summed E-state index contributed by atoms with van der Waals surface area (Å²) in [5.41, 5.74) is 6.27. The Morgan fingerprint density at radius 2 is 2.30 bits per heavy atom. The lowest BCUT2D eigenvalue weighted by molar-refractivity contribution is -0.123. The molecule has 2 rings (SSSR count). The summed E-state index contributed by atoms with van der Waals surface area (Å²) in [6, 6.07) is 7.82. The van der Waals surface area contributed by atoms with Crippen LogP contribution in [0.5, 0.6) is 5.75 Å². The molecule has 1 saturated carbocycles. The van der Waals surface area contributed by atoms with Gasteiger partial charge in [0.05, 0.1) is 0 Å². The summed E-state index contributed by atoms with van der Waals surface area (Å²) in [6.07, 6.45) is 2.58. The van der Waals surface area contributed by atoms with E-state index in [4.69, 9.17) is 10.5 Å². The molecule has 3 N–H and O–H groups in total. The van der Waals surface area contributed by atoms with Crippen LogP contribution in [0.15, 0.2) is 24.3 Å². The lowest BCUT2D eigenvalue weighted by atomic mass is 10.3. The predicted molar refractivity (Wildman–Crippen MR) is 79.6 cm³/mol. The normalized spacial score (nSPS) is 14.3. The lowest BCUT2D eigenvalue weighted by Crippen LogP contribution is -2.37. The fourth-order valence-electron chi connectivity index (χ4n) is 2.18. The van der Waals surface area contributed by atoms with E-state index < -0.39 is 0 Å². The smallest absolute Gasteiger partial charge is 0.257 e. The van der Waals surface area contributed by atoms with Crippen LogP contribution in [0.3, 0.4) is 0 Å². The van der Waals surface area contributed by atoms with Gasteiger partial charge in [0.25, 0.3) is 5.91 Å². The van der Waals surface area contributed by atoms with Crippen molar-refractivity contribution in [3.63, 3.8) is 0 Å². The molecule has 20 heavy (non-hydrogen) atoms. The Morgan fingerprint density at radius 3 is 2.95 bits per heavy atom. The summed E-state index contributed by atoms with van der Waals surface area (Å²) in [6.45, 7) is 4.80. The summed E-state index contributed by atoms with van der Waals surface area (Å²) in [5, 5.41) is 2.88. The number of carbonyl (C=O) groups is 1. The average molecular weight is 277 g/mol. The molecule has 0 bridgehead atoms. The molecule has 1 aliphatic rings. The number of nitrogens with one attached hydrogen (secondary N) is 1. The average Bonchev–Trinajstić information content (AvgIpc) is 3.26. The van der Waals surface area contributed by atoms with E-state index in [1.54, 1.807) is 24.3 Å². The van der Waals surface area contributed by atoms with E-state index in [1.165, 1.54) is 12.8 Å². The highest BCUT2D eigenvalue weighted by Gasteiger charge is 2.27. The van der Waals surface area contributed by atoms with Crippen molar-refractivity contribution in [1.82, 2.24) is 10.2 Å². The number of ether oxygens (including phenoxy) is 1. The molecule has 0 saturated heterocycles. The second kappa shape index (κ2) is 7.14. The van der Waals surface area contributed by atoms with E-state index in [9.17, 15) is 4.79 Å². The Morgan fingerprint density at radius 1 is 1.50 bits per heavy atom. The third kappa shape index (κ3) is 4.74. The molecule has 1 aromatic carbocycles. The summed E-state index contributed by atoms with van der Waals surface area (Å²) >= 11 is 0. The van der Waals surface area contributed by atoms with E-state index in [0.29, 0.717) is 18.0 Å². The van der Waals surface area contributed by atoms with Gasteiger partial charge in [0.2, 0.25) is 0 Å². The van der Waals surface area contributed by atoms with Gasteiger partial charge in [-0.3, -0.25) is 9.69 Å². The predicted octanol–water partition coefficient (Wildman–Crippen LogP) is 1.25. The fourth-order valence-corrected chi connectivity index (χ4v) is 2.18. The van der Waals surface area contributed by atoms with Crippen LogP contribution in [0.1, 0.15) is 19.8 Å². The molecule has 1 aromatic rings. The highest BCUT2D eigenvalue weighted by molar-refractivity contribution is 5.77. The van der Waals surface area contributed by atoms with Crippen molar-refractivity contribution in [1.29, 1.82) is 0 Å². The van der Waals surface area contributed by atoms with Gasteiger partial charge < -0.3 is 15.8 Å². The molecule has 5 heteroatoms. The summed E-state index contributed by atoms with van der Waals surface area (Å²) in [7, 11) is 0. The Balaban J connectivity index is 1.62. The highest BCUT2D eigenvalue weighted by atomic mass is 16.5. The summed E-state index contributed by atoms with van der Waals surface area (Å²) in [4.78, 5) is 14.1. The maximum Gasteiger partial charge on any atom is 0.257 e. The first-order chi connectivity index (χ1) is 9.69. The number of carbonyl (C=O) groups excluding carboxylic acids is 1. The zero-order valence-electron chi connectivity index (χ0n) is 12.0. The number of benzene rings is 1. The quantitative estimate of drug-likeness (QED) is 0.702. The molecule has 1 amide bonds. The second-order valence-electron chi connectivity index (χ2n) is 5.07. The monoisotopic (exact) mass is 277 g/mol. The SMILES string of the molecule is CCN(CCNC(=O)COc1cccc(N)c1)C1CC1. The number of likely N-dealkylation sites (N-methyl/N-ethyl adjacent to an activating group) is 1. The second-order valence-corrected chi connectivity index (χ2v) is 5.07. The summed E-state index contributed by atoms with van der Waals surface area (Å²) < 4.78 is 5.39. The largest absolute Gasteiger partial charge is 0.484 e. The molecule has 110 valence electrons. The first kappa shape index (κ1) is 14.7. The topological polar surface area (TPSA) is 67.6 Å². The Bertz CT molecular complexity index is 446. The third-order valence-corrected chi connectivity index (χ3v) is 3.42. The van der Waals surface area contributed by atoms with Crippen LogP contribution in [0, 0.1) is 0 Å². The van der Waals surface area contributed by atoms with Crippen LogP contribution in [-0.4, -0.2) is 43.1 Å². The van der Waals surface area contributed by atoms with Gasteiger partial charge in [0.1, 0.15) is 5.75 Å². The van der Waals surface area contributed by atoms with Crippen molar-refractivity contribution in [2.75, 3.05) is 32.0 Å². The summed E-state index contributed by atoms with van der Waals surface area (Å²) in [5.74, 6) is 0.521. The maximum atomic E-state index is 11.7. The Kier molecular flexibility index (Phi) is 5.24. The number of rotatable bonds is 8. The van der Waals surface area contributed by atoms with Gasteiger partial charge in [0.15, 0.2) is 6.61 Å². The molecule has 1 aliphatic carbocycles. The Labute approximate surface area is 120 Å². The zero-order valence-corrected chi connectivity index (χ0v) is 12.0. The third-order valence-electron chi connectivity index (χ3n) is 3.42. The van der Waals surface area contributed by atoms with E-state index in [2.05, 4.69) is 17.1 Å². The van der Waals surface area contributed by atoms with Gasteiger partial charge in [-0.2, -0.15) is 0 Å². The molecule has 0 aromatic heterocycles. The van der Waals surface area contributed by atoms with E-state index in [-0.39, 0.29) is 12.5 Å². The van der Waals surface area contributed by atoms with Crippen molar-refractivity contribution < 1.29 is 9.53 Å². The van der Waals surface area contributed by atoms with Gasteiger partial charge in [-0.25, -0.2) is 0 Å². The van der Waals surface area contributed by atoms with Crippen molar-refractivity contribution in [3.05, 3.63) is 24.3 Å². The first-order valence-electron chi connectivity index (χ1n) is 7.18. The maximum absolute atomic E-state index is 11.7. The Hall–Kier alpha value is -1.75. The van der Waals surface area contributed by atoms with Crippen LogP contribution in [0.4, 0.5) is 5.69 Å². The molecule has 0 spiro atoms. The number of hydrogen-bond acceptors (Lipinski definition) is 4. The van der Waals surface area contributed by atoms with Crippen LogP contribution in [0.25, 0.3) is 0 Å². The van der Waals surface area contributed by atoms with Gasteiger partial charge in [0, 0.05) is 30.9 Å². The number of nitrogen functional groups attached to an aromatic ring is 1. The van der Waals surface area contributed by atoms with Gasteiger partial charge in [-0.05, 0) is 31.5 Å². The van der Waals surface area contributed by atoms with Crippen molar-refractivity contribution in [3.8, 4) is 5.75 Å². The molecule has 0 unspecified atom stereocenters. The van der Waals surface area contributed by atoms with Crippen molar-refractivity contribution in [2.24, 2.45) is 0 Å². The van der Waals surface area contributed by atoms with E-state index >= 15 is 0 Å². The minimum atomic E-state index is -0.0979. The minimum absolute atomic E-state index is 0.0268. The molecule has 0 radical (unpaired) electrons. The molecule has 0 atom stereocenters. The molecular formula is C15H23N3O2. The number of nitrogens with zero attached hydrogens (tertiary/aromatic N) is 1. The van der Waals surface area contributed by atoms with Gasteiger partial charge in [-0.1, -0.05) is 13.0 Å². The van der Waals surface area contributed by atoms with Gasteiger partial charge in [-0.15, -0.1) is 0 Å². The number of hydrogen-bond donors (Lipinski definition) is 2. The van der Waals surface area contributed by atoms with Gasteiger partial charge >= 0.3 is 0 Å². The van der Waals surface area contributed by atoms with Crippen molar-refractivity contribution in [2.45, 2.75) is 25.8 Å².